The lowest BCUT2D eigenvalue weighted by molar-refractivity contribution is 0.404. The lowest BCUT2D eigenvalue weighted by atomic mass is 9.99. The van der Waals surface area contributed by atoms with Gasteiger partial charge in [0.25, 0.3) is 0 Å². The molecule has 0 fully saturated rings. The molecule has 1 heterocycles. The standard InChI is InChI=1S/C14H16BrNOS/c1-8-4-5-10(14(17-3)9(8)2)13(16)11-6-7-12(15)18-11/h4-7,13H,16H2,1-3H3. The molecule has 0 aliphatic heterocycles. The van der Waals surface area contributed by atoms with Crippen LogP contribution in [0.1, 0.15) is 27.6 Å². The Kier molecular flexibility index (Phi) is 4.10. The highest BCUT2D eigenvalue weighted by molar-refractivity contribution is 9.11. The third-order valence-corrected chi connectivity index (χ3v) is 4.85. The summed E-state index contributed by atoms with van der Waals surface area (Å²) in [6, 6.07) is 8.08. The van der Waals surface area contributed by atoms with Crippen molar-refractivity contribution in [3.63, 3.8) is 0 Å². The van der Waals surface area contributed by atoms with Crippen molar-refractivity contribution in [2.75, 3.05) is 7.11 Å². The average Bonchev–Trinajstić information content (AvgIpc) is 2.78. The number of hydrogen-bond donors (Lipinski definition) is 1. The molecular formula is C14H16BrNOS. The van der Waals surface area contributed by atoms with Crippen molar-refractivity contribution in [2.24, 2.45) is 5.73 Å². The number of thiophene rings is 1. The Labute approximate surface area is 120 Å². The second-order valence-corrected chi connectivity index (χ2v) is 6.74. The first kappa shape index (κ1) is 13.6. The largest absolute Gasteiger partial charge is 0.496 e. The van der Waals surface area contributed by atoms with Crippen LogP contribution >= 0.6 is 27.3 Å². The molecule has 18 heavy (non-hydrogen) atoms. The van der Waals surface area contributed by atoms with Crippen LogP contribution in [0, 0.1) is 13.8 Å². The zero-order valence-corrected chi connectivity index (χ0v) is 13.1. The summed E-state index contributed by atoms with van der Waals surface area (Å²) < 4.78 is 6.61. The zero-order valence-electron chi connectivity index (χ0n) is 10.7. The molecule has 2 N–H and O–H groups in total. The van der Waals surface area contributed by atoms with E-state index in [1.54, 1.807) is 18.4 Å². The van der Waals surface area contributed by atoms with E-state index in [-0.39, 0.29) is 6.04 Å². The summed E-state index contributed by atoms with van der Waals surface area (Å²) >= 11 is 5.12. The molecular weight excluding hydrogens is 310 g/mol. The van der Waals surface area contributed by atoms with Crippen LogP contribution in [-0.2, 0) is 0 Å². The molecule has 0 amide bonds. The molecule has 0 saturated carbocycles. The van der Waals surface area contributed by atoms with E-state index in [0.717, 1.165) is 25.5 Å². The van der Waals surface area contributed by atoms with Gasteiger partial charge < -0.3 is 10.5 Å². The minimum Gasteiger partial charge on any atom is -0.496 e. The van der Waals surface area contributed by atoms with Crippen LogP contribution < -0.4 is 10.5 Å². The van der Waals surface area contributed by atoms with Crippen LogP contribution in [0.25, 0.3) is 0 Å². The Morgan fingerprint density at radius 1 is 1.22 bits per heavy atom. The lowest BCUT2D eigenvalue weighted by Crippen LogP contribution is -2.12. The van der Waals surface area contributed by atoms with Crippen molar-refractivity contribution in [2.45, 2.75) is 19.9 Å². The van der Waals surface area contributed by atoms with Crippen molar-refractivity contribution in [1.29, 1.82) is 0 Å². The second kappa shape index (κ2) is 5.43. The second-order valence-electron chi connectivity index (χ2n) is 4.25. The third-order valence-electron chi connectivity index (χ3n) is 3.15. The third kappa shape index (κ3) is 2.46. The number of methoxy groups -OCH3 is 1. The number of hydrogen-bond acceptors (Lipinski definition) is 3. The van der Waals surface area contributed by atoms with Gasteiger partial charge in [-0.05, 0) is 53.0 Å². The maximum Gasteiger partial charge on any atom is 0.127 e. The first-order valence-corrected chi connectivity index (χ1v) is 7.30. The van der Waals surface area contributed by atoms with Gasteiger partial charge in [-0.15, -0.1) is 11.3 Å². The van der Waals surface area contributed by atoms with E-state index in [4.69, 9.17) is 10.5 Å². The number of ether oxygens (including phenoxy) is 1. The summed E-state index contributed by atoms with van der Waals surface area (Å²) in [5.74, 6) is 0.895. The summed E-state index contributed by atoms with van der Waals surface area (Å²) in [5.41, 5.74) is 9.74. The molecule has 0 aliphatic carbocycles. The molecule has 0 aliphatic rings. The van der Waals surface area contributed by atoms with E-state index in [2.05, 4.69) is 41.9 Å². The van der Waals surface area contributed by atoms with Gasteiger partial charge in [-0.25, -0.2) is 0 Å². The predicted octanol–water partition coefficient (Wildman–Crippen LogP) is 4.18. The summed E-state index contributed by atoms with van der Waals surface area (Å²) in [6.07, 6.45) is 0. The maximum atomic E-state index is 6.33. The zero-order chi connectivity index (χ0) is 13.3. The average molecular weight is 326 g/mol. The molecule has 96 valence electrons. The van der Waals surface area contributed by atoms with Gasteiger partial charge in [-0.1, -0.05) is 12.1 Å². The number of nitrogens with two attached hydrogens (primary N) is 1. The van der Waals surface area contributed by atoms with E-state index in [0.29, 0.717) is 0 Å². The Bertz CT molecular complexity index is 565. The summed E-state index contributed by atoms with van der Waals surface area (Å²) in [6.45, 7) is 4.14. The van der Waals surface area contributed by atoms with E-state index < -0.39 is 0 Å². The molecule has 1 unspecified atom stereocenters. The van der Waals surface area contributed by atoms with Crippen molar-refractivity contribution in [1.82, 2.24) is 0 Å². The van der Waals surface area contributed by atoms with Crippen LogP contribution in [0.3, 0.4) is 0 Å². The SMILES string of the molecule is COc1c(C(N)c2ccc(Br)s2)ccc(C)c1C. The fourth-order valence-electron chi connectivity index (χ4n) is 1.98. The number of aryl methyl sites for hydroxylation is 1. The predicted molar refractivity (Wildman–Crippen MR) is 80.5 cm³/mol. The molecule has 2 rings (SSSR count). The molecule has 1 aromatic heterocycles. The van der Waals surface area contributed by atoms with Crippen LogP contribution in [0.2, 0.25) is 0 Å². The van der Waals surface area contributed by atoms with Gasteiger partial charge in [-0.2, -0.15) is 0 Å². The van der Waals surface area contributed by atoms with E-state index in [1.165, 1.54) is 5.56 Å². The first-order chi connectivity index (χ1) is 8.54. The Morgan fingerprint density at radius 2 is 1.94 bits per heavy atom. The van der Waals surface area contributed by atoms with Crippen molar-refractivity contribution < 1.29 is 4.74 Å². The Morgan fingerprint density at radius 3 is 2.50 bits per heavy atom. The van der Waals surface area contributed by atoms with Crippen LogP contribution in [-0.4, -0.2) is 7.11 Å². The van der Waals surface area contributed by atoms with Crippen molar-refractivity contribution in [3.05, 3.63) is 49.6 Å². The molecule has 2 nitrogen and oxygen atoms in total. The number of benzene rings is 1. The Hall–Kier alpha value is -0.840. The monoisotopic (exact) mass is 325 g/mol. The highest BCUT2D eigenvalue weighted by atomic mass is 79.9. The smallest absolute Gasteiger partial charge is 0.127 e. The Balaban J connectivity index is 2.48. The van der Waals surface area contributed by atoms with E-state index >= 15 is 0 Å². The van der Waals surface area contributed by atoms with Gasteiger partial charge in [0.2, 0.25) is 0 Å². The van der Waals surface area contributed by atoms with Crippen LogP contribution in [0.15, 0.2) is 28.1 Å². The minimum atomic E-state index is -0.143. The first-order valence-electron chi connectivity index (χ1n) is 5.69. The molecule has 4 heteroatoms. The molecule has 0 bridgehead atoms. The summed E-state index contributed by atoms with van der Waals surface area (Å²) in [7, 11) is 1.70. The highest BCUT2D eigenvalue weighted by Crippen LogP contribution is 2.36. The van der Waals surface area contributed by atoms with Crippen molar-refractivity contribution >= 4 is 27.3 Å². The summed E-state index contributed by atoms with van der Waals surface area (Å²) in [4.78, 5) is 1.13. The van der Waals surface area contributed by atoms with Gasteiger partial charge in [0, 0.05) is 10.4 Å². The van der Waals surface area contributed by atoms with Gasteiger partial charge in [0.05, 0.1) is 16.9 Å². The van der Waals surface area contributed by atoms with Crippen LogP contribution in [0.4, 0.5) is 0 Å². The highest BCUT2D eigenvalue weighted by Gasteiger charge is 2.18. The number of halogens is 1. The fourth-order valence-corrected chi connectivity index (χ4v) is 3.42. The minimum absolute atomic E-state index is 0.143. The van der Waals surface area contributed by atoms with Crippen molar-refractivity contribution in [3.8, 4) is 5.75 Å². The van der Waals surface area contributed by atoms with E-state index in [1.807, 2.05) is 12.1 Å². The molecule has 1 aromatic carbocycles. The van der Waals surface area contributed by atoms with Gasteiger partial charge in [0.1, 0.15) is 5.75 Å². The normalized spacial score (nSPS) is 12.5. The van der Waals surface area contributed by atoms with Gasteiger partial charge >= 0.3 is 0 Å². The van der Waals surface area contributed by atoms with Crippen LogP contribution in [0.5, 0.6) is 5.75 Å². The quantitative estimate of drug-likeness (QED) is 0.918. The maximum absolute atomic E-state index is 6.33. The molecule has 2 aromatic rings. The van der Waals surface area contributed by atoms with E-state index in [9.17, 15) is 0 Å². The van der Waals surface area contributed by atoms with Gasteiger partial charge in [-0.3, -0.25) is 0 Å². The molecule has 0 saturated heterocycles. The molecule has 0 radical (unpaired) electrons. The number of rotatable bonds is 3. The summed E-state index contributed by atoms with van der Waals surface area (Å²) in [5, 5.41) is 0. The fraction of sp³-hybridized carbons (Fsp3) is 0.286. The van der Waals surface area contributed by atoms with Gasteiger partial charge in [0.15, 0.2) is 0 Å². The molecule has 0 spiro atoms. The lowest BCUT2D eigenvalue weighted by Gasteiger charge is -2.17. The topological polar surface area (TPSA) is 35.2 Å². The molecule has 1 atom stereocenters.